The van der Waals surface area contributed by atoms with Crippen molar-refractivity contribution in [3.05, 3.63) is 11.6 Å². The first-order valence-corrected chi connectivity index (χ1v) is 4.11. The lowest BCUT2D eigenvalue weighted by atomic mass is 10.1. The highest BCUT2D eigenvalue weighted by atomic mass is 16.5. The zero-order chi connectivity index (χ0) is 10.3. The zero-order valence-corrected chi connectivity index (χ0v) is 7.83. The molecule has 0 unspecified atom stereocenters. The van der Waals surface area contributed by atoms with Crippen LogP contribution in [0.5, 0.6) is 0 Å². The monoisotopic (exact) mass is 185 g/mol. The van der Waals surface area contributed by atoms with Gasteiger partial charge < -0.3 is 14.6 Å². The molecule has 13 heavy (non-hydrogen) atoms. The summed E-state index contributed by atoms with van der Waals surface area (Å²) in [4.78, 5) is 21.2. The minimum atomic E-state index is -1.36. The van der Waals surface area contributed by atoms with Crippen LogP contribution in [0, 0.1) is 0 Å². The van der Waals surface area contributed by atoms with E-state index >= 15 is 0 Å². The van der Waals surface area contributed by atoms with Gasteiger partial charge >= 0.3 is 5.97 Å². The van der Waals surface area contributed by atoms with Crippen molar-refractivity contribution in [2.24, 2.45) is 0 Å². The molecule has 0 fully saturated rings. The Bertz CT molecular complexity index is 218. The van der Waals surface area contributed by atoms with Crippen molar-refractivity contribution in [3.8, 4) is 0 Å². The number of rotatable bonds is 5. The maximum absolute atomic E-state index is 11.0. The summed E-state index contributed by atoms with van der Waals surface area (Å²) in [5, 5.41) is 10.2. The summed E-state index contributed by atoms with van der Waals surface area (Å²) in [7, 11) is 1.22. The van der Waals surface area contributed by atoms with E-state index < -0.39 is 11.9 Å². The predicted molar refractivity (Wildman–Crippen MR) is 44.6 cm³/mol. The first-order chi connectivity index (χ1) is 6.11. The van der Waals surface area contributed by atoms with Crippen LogP contribution in [0.25, 0.3) is 0 Å². The number of ether oxygens (including phenoxy) is 1. The molecule has 4 nitrogen and oxygen atoms in total. The molecule has 0 saturated carbocycles. The Morgan fingerprint density at radius 1 is 1.46 bits per heavy atom. The normalized spacial score (nSPS) is 11.1. The summed E-state index contributed by atoms with van der Waals surface area (Å²) in [5.41, 5.74) is 0.157. The van der Waals surface area contributed by atoms with Gasteiger partial charge in [-0.25, -0.2) is 4.79 Å². The SMILES string of the molecule is CCCCC(=CC(=O)[O-])C(=O)OC. The van der Waals surface area contributed by atoms with Crippen molar-refractivity contribution in [2.45, 2.75) is 26.2 Å². The molecule has 0 aliphatic rings. The van der Waals surface area contributed by atoms with E-state index in [1.165, 1.54) is 7.11 Å². The summed E-state index contributed by atoms with van der Waals surface area (Å²) < 4.78 is 4.41. The molecule has 0 spiro atoms. The smallest absolute Gasteiger partial charge is 0.333 e. The van der Waals surface area contributed by atoms with E-state index in [2.05, 4.69) is 4.74 Å². The van der Waals surface area contributed by atoms with Crippen LogP contribution in [0.4, 0.5) is 0 Å². The van der Waals surface area contributed by atoms with Gasteiger partial charge in [0.15, 0.2) is 0 Å². The minimum absolute atomic E-state index is 0.157. The number of hydrogen-bond donors (Lipinski definition) is 0. The Labute approximate surface area is 77.2 Å². The number of methoxy groups -OCH3 is 1. The van der Waals surface area contributed by atoms with E-state index in [0.29, 0.717) is 6.42 Å². The van der Waals surface area contributed by atoms with Crippen LogP contribution < -0.4 is 5.11 Å². The summed E-state index contributed by atoms with van der Waals surface area (Å²) in [6, 6.07) is 0. The number of carboxylic acid groups (broad SMARTS) is 1. The van der Waals surface area contributed by atoms with E-state index in [1.54, 1.807) is 0 Å². The lowest BCUT2D eigenvalue weighted by molar-refractivity contribution is -0.297. The molecule has 4 heteroatoms. The number of unbranched alkanes of at least 4 members (excludes halogenated alkanes) is 1. The van der Waals surface area contributed by atoms with Gasteiger partial charge in [-0.1, -0.05) is 13.3 Å². The second kappa shape index (κ2) is 6.22. The van der Waals surface area contributed by atoms with Crippen molar-refractivity contribution in [2.75, 3.05) is 7.11 Å². The molecule has 0 amide bonds. The number of esters is 1. The largest absolute Gasteiger partial charge is 0.545 e. The van der Waals surface area contributed by atoms with Crippen molar-refractivity contribution in [3.63, 3.8) is 0 Å². The molecule has 0 aliphatic heterocycles. The van der Waals surface area contributed by atoms with Crippen LogP contribution in [0.15, 0.2) is 11.6 Å². The first kappa shape index (κ1) is 11.7. The highest BCUT2D eigenvalue weighted by Gasteiger charge is 2.07. The third-order valence-electron chi connectivity index (χ3n) is 1.54. The quantitative estimate of drug-likeness (QED) is 0.447. The molecule has 0 radical (unpaired) electrons. The molecule has 0 aromatic heterocycles. The van der Waals surface area contributed by atoms with Crippen molar-refractivity contribution >= 4 is 11.9 Å². The van der Waals surface area contributed by atoms with Gasteiger partial charge in [0.2, 0.25) is 0 Å². The van der Waals surface area contributed by atoms with Crippen molar-refractivity contribution in [1.29, 1.82) is 0 Å². The molecule has 0 aliphatic carbocycles. The lowest BCUT2D eigenvalue weighted by Crippen LogP contribution is -2.21. The molecule has 0 atom stereocenters. The Hall–Kier alpha value is -1.32. The molecule has 0 heterocycles. The number of carbonyl (C=O) groups is 2. The van der Waals surface area contributed by atoms with Crippen LogP contribution in [0.1, 0.15) is 26.2 Å². The zero-order valence-electron chi connectivity index (χ0n) is 7.83. The fourth-order valence-corrected chi connectivity index (χ4v) is 0.874. The van der Waals surface area contributed by atoms with E-state index in [0.717, 1.165) is 18.9 Å². The van der Waals surface area contributed by atoms with Gasteiger partial charge in [-0.05, 0) is 18.9 Å². The predicted octanol–water partition coefficient (Wildman–Crippen LogP) is 0.0259. The van der Waals surface area contributed by atoms with Crippen LogP contribution in [-0.2, 0) is 14.3 Å². The molecule has 0 N–H and O–H groups in total. The highest BCUT2D eigenvalue weighted by molar-refractivity contribution is 5.94. The van der Waals surface area contributed by atoms with Gasteiger partial charge in [-0.2, -0.15) is 0 Å². The summed E-state index contributed by atoms with van der Waals surface area (Å²) in [6.07, 6.45) is 2.86. The van der Waals surface area contributed by atoms with Gasteiger partial charge in [0.1, 0.15) is 0 Å². The van der Waals surface area contributed by atoms with E-state index in [4.69, 9.17) is 0 Å². The maximum Gasteiger partial charge on any atom is 0.333 e. The van der Waals surface area contributed by atoms with E-state index in [9.17, 15) is 14.7 Å². The van der Waals surface area contributed by atoms with Crippen molar-refractivity contribution < 1.29 is 19.4 Å². The Kier molecular flexibility index (Phi) is 5.59. The minimum Gasteiger partial charge on any atom is -0.545 e. The van der Waals surface area contributed by atoms with Gasteiger partial charge in [0.05, 0.1) is 13.1 Å². The van der Waals surface area contributed by atoms with Crippen LogP contribution in [-0.4, -0.2) is 19.0 Å². The molecule has 0 rings (SSSR count). The standard InChI is InChI=1S/C9H14O4/c1-3-4-5-7(6-8(10)11)9(12)13-2/h6H,3-5H2,1-2H3,(H,10,11)/p-1. The Morgan fingerprint density at radius 3 is 2.46 bits per heavy atom. The van der Waals surface area contributed by atoms with Gasteiger partial charge in [-0.15, -0.1) is 0 Å². The number of carbonyl (C=O) groups excluding carboxylic acids is 2. The fourth-order valence-electron chi connectivity index (χ4n) is 0.874. The molecule has 0 saturated heterocycles. The molecular weight excluding hydrogens is 172 g/mol. The van der Waals surface area contributed by atoms with Gasteiger partial charge in [-0.3, -0.25) is 0 Å². The molecular formula is C9H13O4-. The molecule has 0 bridgehead atoms. The van der Waals surface area contributed by atoms with Gasteiger partial charge in [0, 0.05) is 5.57 Å². The third-order valence-corrected chi connectivity index (χ3v) is 1.54. The lowest BCUT2D eigenvalue weighted by Gasteiger charge is -2.04. The molecule has 74 valence electrons. The third kappa shape index (κ3) is 5.00. The topological polar surface area (TPSA) is 66.4 Å². The second-order valence-electron chi connectivity index (χ2n) is 2.58. The van der Waals surface area contributed by atoms with Crippen LogP contribution >= 0.6 is 0 Å². The van der Waals surface area contributed by atoms with Gasteiger partial charge in [0.25, 0.3) is 0 Å². The van der Waals surface area contributed by atoms with E-state index in [1.807, 2.05) is 6.92 Å². The van der Waals surface area contributed by atoms with Crippen molar-refractivity contribution in [1.82, 2.24) is 0 Å². The summed E-state index contributed by atoms with van der Waals surface area (Å²) >= 11 is 0. The number of hydrogen-bond acceptors (Lipinski definition) is 4. The molecule has 0 aromatic carbocycles. The van der Waals surface area contributed by atoms with Crippen LogP contribution in [0.3, 0.4) is 0 Å². The first-order valence-electron chi connectivity index (χ1n) is 4.11. The Morgan fingerprint density at radius 2 is 2.08 bits per heavy atom. The number of carboxylic acids is 1. The maximum atomic E-state index is 11.0. The summed E-state index contributed by atoms with van der Waals surface area (Å²) in [5.74, 6) is -1.96. The second-order valence-corrected chi connectivity index (χ2v) is 2.58. The summed E-state index contributed by atoms with van der Waals surface area (Å²) in [6.45, 7) is 1.95. The van der Waals surface area contributed by atoms with E-state index in [-0.39, 0.29) is 5.57 Å². The fraction of sp³-hybridized carbons (Fsp3) is 0.556. The average molecular weight is 185 g/mol. The van der Waals surface area contributed by atoms with Crippen LogP contribution in [0.2, 0.25) is 0 Å². The highest BCUT2D eigenvalue weighted by Crippen LogP contribution is 2.08. The molecule has 0 aromatic rings. The average Bonchev–Trinajstić information content (AvgIpc) is 2.10. The number of aliphatic carboxylic acids is 1. The Balaban J connectivity index is 4.36.